The number of aliphatic hydroxyl groups is 1. The Balaban J connectivity index is 1.83. The molecule has 0 aliphatic heterocycles. The first-order valence-corrected chi connectivity index (χ1v) is 9.18. The molecule has 0 amide bonds. The fraction of sp³-hybridized carbons (Fsp3) is 0.619. The minimum absolute atomic E-state index is 0.0169. The summed E-state index contributed by atoms with van der Waals surface area (Å²) in [5, 5.41) is 20.1. The number of rotatable bonds is 2. The van der Waals surface area contributed by atoms with Gasteiger partial charge in [-0.2, -0.15) is 0 Å². The molecule has 3 aliphatic rings. The van der Waals surface area contributed by atoms with Gasteiger partial charge >= 0.3 is 0 Å². The number of aryl methyl sites for hydroxylation is 1. The second kappa shape index (κ2) is 5.32. The van der Waals surface area contributed by atoms with Crippen molar-refractivity contribution in [3.63, 3.8) is 0 Å². The van der Waals surface area contributed by atoms with E-state index in [0.29, 0.717) is 18.1 Å². The maximum atomic E-state index is 14.8. The topological polar surface area (TPSA) is 40.5 Å². The molecule has 3 heteroatoms. The first-order valence-electron chi connectivity index (χ1n) is 9.18. The number of phenols is 1. The van der Waals surface area contributed by atoms with Gasteiger partial charge in [-0.05, 0) is 73.6 Å². The van der Waals surface area contributed by atoms with Crippen molar-refractivity contribution in [2.75, 3.05) is 0 Å². The minimum Gasteiger partial charge on any atom is -0.508 e. The van der Waals surface area contributed by atoms with E-state index in [-0.39, 0.29) is 11.3 Å². The first-order chi connectivity index (χ1) is 11.4. The summed E-state index contributed by atoms with van der Waals surface area (Å²) >= 11 is 0. The molecule has 3 aliphatic carbocycles. The van der Waals surface area contributed by atoms with E-state index < -0.39 is 17.7 Å². The molecule has 24 heavy (non-hydrogen) atoms. The van der Waals surface area contributed by atoms with Crippen LogP contribution in [0.25, 0.3) is 0 Å². The number of halogens is 1. The second-order valence-electron chi connectivity index (χ2n) is 8.45. The van der Waals surface area contributed by atoms with Gasteiger partial charge in [0, 0.05) is 10.8 Å². The van der Waals surface area contributed by atoms with Crippen LogP contribution in [0, 0.1) is 17.3 Å². The highest BCUT2D eigenvalue weighted by molar-refractivity contribution is 5.44. The third-order valence-corrected chi connectivity index (χ3v) is 7.47. The van der Waals surface area contributed by atoms with E-state index in [9.17, 15) is 14.6 Å². The lowest BCUT2D eigenvalue weighted by Gasteiger charge is -2.56. The summed E-state index contributed by atoms with van der Waals surface area (Å²) in [6.07, 6.45) is 5.20. The molecule has 0 aromatic heterocycles. The van der Waals surface area contributed by atoms with Gasteiger partial charge in [0.15, 0.2) is 0 Å². The largest absolute Gasteiger partial charge is 0.508 e. The summed E-state index contributed by atoms with van der Waals surface area (Å²) in [6.45, 7) is 6.04. The molecule has 130 valence electrons. The summed E-state index contributed by atoms with van der Waals surface area (Å²) < 4.78 is 14.8. The number of aromatic hydroxyl groups is 1. The molecule has 1 aromatic carbocycles. The highest BCUT2D eigenvalue weighted by Gasteiger charge is 2.62. The van der Waals surface area contributed by atoms with E-state index in [1.165, 1.54) is 11.1 Å². The number of hydrogen-bond acceptors (Lipinski definition) is 2. The van der Waals surface area contributed by atoms with Crippen LogP contribution >= 0.6 is 0 Å². The Morgan fingerprint density at radius 3 is 2.88 bits per heavy atom. The highest BCUT2D eigenvalue weighted by Crippen LogP contribution is 2.64. The molecule has 4 rings (SSSR count). The Bertz CT molecular complexity index is 672. The van der Waals surface area contributed by atoms with Gasteiger partial charge in [0.2, 0.25) is 0 Å². The Hall–Kier alpha value is -1.35. The van der Waals surface area contributed by atoms with Gasteiger partial charge in [-0.3, -0.25) is 0 Å². The Morgan fingerprint density at radius 1 is 1.33 bits per heavy atom. The van der Waals surface area contributed by atoms with E-state index in [4.69, 9.17) is 0 Å². The summed E-state index contributed by atoms with van der Waals surface area (Å²) in [7, 11) is 0. The molecule has 2 nitrogen and oxygen atoms in total. The fourth-order valence-corrected chi connectivity index (χ4v) is 6.32. The number of benzene rings is 1. The number of phenolic OH excluding ortho intramolecular Hbond substituents is 1. The summed E-state index contributed by atoms with van der Waals surface area (Å²) in [6, 6.07) is 5.74. The zero-order valence-corrected chi connectivity index (χ0v) is 14.3. The van der Waals surface area contributed by atoms with E-state index >= 15 is 0 Å². The van der Waals surface area contributed by atoms with E-state index in [0.717, 1.165) is 32.1 Å². The Labute approximate surface area is 143 Å². The summed E-state index contributed by atoms with van der Waals surface area (Å²) in [5.41, 5.74) is 2.13. The Kier molecular flexibility index (Phi) is 3.58. The normalized spacial score (nSPS) is 43.6. The lowest BCUT2D eigenvalue weighted by Crippen LogP contribution is -2.52. The number of aliphatic hydroxyl groups excluding tert-OH is 1. The van der Waals surface area contributed by atoms with Crippen LogP contribution in [0.2, 0.25) is 0 Å². The maximum absolute atomic E-state index is 14.8. The lowest BCUT2D eigenvalue weighted by molar-refractivity contribution is -0.0325. The third kappa shape index (κ3) is 1.97. The van der Waals surface area contributed by atoms with Crippen LogP contribution in [0.1, 0.15) is 50.2 Å². The molecule has 2 unspecified atom stereocenters. The molecule has 1 aromatic rings. The van der Waals surface area contributed by atoms with Gasteiger partial charge in [-0.25, -0.2) is 4.39 Å². The van der Waals surface area contributed by atoms with Crippen molar-refractivity contribution >= 4 is 0 Å². The Morgan fingerprint density at radius 2 is 2.12 bits per heavy atom. The first kappa shape index (κ1) is 16.1. The molecule has 0 heterocycles. The summed E-state index contributed by atoms with van der Waals surface area (Å²) in [4.78, 5) is 0. The van der Waals surface area contributed by atoms with Crippen LogP contribution in [-0.4, -0.2) is 22.5 Å². The van der Waals surface area contributed by atoms with Crippen molar-refractivity contribution in [3.05, 3.63) is 42.0 Å². The van der Waals surface area contributed by atoms with E-state index in [1.807, 2.05) is 19.1 Å². The van der Waals surface area contributed by atoms with Gasteiger partial charge in [0.1, 0.15) is 11.9 Å². The van der Waals surface area contributed by atoms with Crippen molar-refractivity contribution in [1.29, 1.82) is 0 Å². The second-order valence-corrected chi connectivity index (χ2v) is 8.45. The number of hydrogen-bond donors (Lipinski definition) is 2. The van der Waals surface area contributed by atoms with Crippen LogP contribution in [0.3, 0.4) is 0 Å². The molecule has 2 fully saturated rings. The van der Waals surface area contributed by atoms with Crippen LogP contribution in [-0.2, 0) is 11.8 Å². The minimum atomic E-state index is -1.11. The van der Waals surface area contributed by atoms with Crippen molar-refractivity contribution in [3.8, 4) is 5.75 Å². The zero-order chi connectivity index (χ0) is 17.1. The van der Waals surface area contributed by atoms with Crippen LogP contribution < -0.4 is 0 Å². The smallest absolute Gasteiger partial charge is 0.131 e. The standard InChI is InChI=1S/C21H27FO2/c1-3-8-21-10-9-20(2)17(12-18(24)19(20)22)16(21)6-4-13-11-14(23)5-7-15(13)21/h3,5,7,11,16-19,23-24H,1,4,6,8-10,12H2,2H3/t16?,17?,18-,19+,20+,21-/m1/s1. The van der Waals surface area contributed by atoms with Gasteiger partial charge in [0.25, 0.3) is 0 Å². The van der Waals surface area contributed by atoms with E-state index in [1.54, 1.807) is 6.07 Å². The predicted molar refractivity (Wildman–Crippen MR) is 92.8 cm³/mol. The van der Waals surface area contributed by atoms with Gasteiger partial charge in [-0.15, -0.1) is 6.58 Å². The van der Waals surface area contributed by atoms with Crippen LogP contribution in [0.5, 0.6) is 5.75 Å². The molecule has 2 N–H and O–H groups in total. The van der Waals surface area contributed by atoms with Crippen molar-refractivity contribution in [2.45, 2.75) is 63.1 Å². The molecule has 6 atom stereocenters. The zero-order valence-electron chi connectivity index (χ0n) is 14.3. The number of allylic oxidation sites excluding steroid dienone is 1. The van der Waals surface area contributed by atoms with Crippen molar-refractivity contribution < 1.29 is 14.6 Å². The maximum Gasteiger partial charge on any atom is 0.131 e. The lowest BCUT2D eigenvalue weighted by atomic mass is 9.47. The molecular formula is C21H27FO2. The van der Waals surface area contributed by atoms with Crippen molar-refractivity contribution in [2.24, 2.45) is 17.3 Å². The molecule has 0 spiro atoms. The number of fused-ring (bicyclic) bond motifs is 5. The fourth-order valence-electron chi connectivity index (χ4n) is 6.32. The monoisotopic (exact) mass is 330 g/mol. The number of alkyl halides is 1. The molecule has 0 radical (unpaired) electrons. The molecule has 2 saturated carbocycles. The van der Waals surface area contributed by atoms with Gasteiger partial charge in [0.05, 0.1) is 6.10 Å². The van der Waals surface area contributed by atoms with Crippen LogP contribution in [0.15, 0.2) is 30.9 Å². The highest BCUT2D eigenvalue weighted by atomic mass is 19.1. The average Bonchev–Trinajstić information content (AvgIpc) is 2.79. The third-order valence-electron chi connectivity index (χ3n) is 7.47. The SMILES string of the molecule is C=CC[C@]12CC[C@@]3(C)C(C[C@@H](O)[C@@H]3F)C1CCc1cc(O)ccc12. The molecule has 0 saturated heterocycles. The van der Waals surface area contributed by atoms with Gasteiger partial charge in [-0.1, -0.05) is 19.1 Å². The van der Waals surface area contributed by atoms with Crippen molar-refractivity contribution in [1.82, 2.24) is 0 Å². The van der Waals surface area contributed by atoms with E-state index in [2.05, 4.69) is 12.6 Å². The van der Waals surface area contributed by atoms with Crippen LogP contribution in [0.4, 0.5) is 4.39 Å². The molecular weight excluding hydrogens is 303 g/mol. The van der Waals surface area contributed by atoms with Gasteiger partial charge < -0.3 is 10.2 Å². The summed E-state index contributed by atoms with van der Waals surface area (Å²) in [5.74, 6) is 0.918. The molecule has 0 bridgehead atoms. The quantitative estimate of drug-likeness (QED) is 0.794. The predicted octanol–water partition coefficient (Wildman–Crippen LogP) is 4.29. The average molecular weight is 330 g/mol.